The summed E-state index contributed by atoms with van der Waals surface area (Å²) in [5, 5.41) is 9.28. The lowest BCUT2D eigenvalue weighted by atomic mass is 9.89. The third-order valence-corrected chi connectivity index (χ3v) is 5.78. The monoisotopic (exact) mass is 325 g/mol. The Morgan fingerprint density at radius 3 is 2.96 bits per heavy atom. The summed E-state index contributed by atoms with van der Waals surface area (Å²) in [7, 11) is 0. The SMILES string of the molecule is C[C@@H]1CCc2c(sc3nnn(CCc4ccccc4)c(=O)c23)C1. The van der Waals surface area contributed by atoms with Crippen molar-refractivity contribution in [3.05, 3.63) is 56.7 Å². The number of fused-ring (bicyclic) bond motifs is 3. The van der Waals surface area contributed by atoms with Crippen molar-refractivity contribution in [1.82, 2.24) is 15.0 Å². The molecule has 23 heavy (non-hydrogen) atoms. The number of rotatable bonds is 3. The lowest BCUT2D eigenvalue weighted by Crippen LogP contribution is -2.25. The number of hydrogen-bond donors (Lipinski definition) is 0. The fourth-order valence-corrected chi connectivity index (χ4v) is 4.64. The largest absolute Gasteiger partial charge is 0.278 e. The molecule has 2 heterocycles. The normalized spacial score (nSPS) is 17.3. The van der Waals surface area contributed by atoms with Gasteiger partial charge in [0.25, 0.3) is 5.56 Å². The Balaban J connectivity index is 1.69. The van der Waals surface area contributed by atoms with Crippen molar-refractivity contribution < 1.29 is 0 Å². The first-order valence-electron chi connectivity index (χ1n) is 8.14. The van der Waals surface area contributed by atoms with Crippen molar-refractivity contribution >= 4 is 21.6 Å². The van der Waals surface area contributed by atoms with Gasteiger partial charge in [0.15, 0.2) is 4.83 Å². The van der Waals surface area contributed by atoms with E-state index in [4.69, 9.17) is 0 Å². The first-order valence-corrected chi connectivity index (χ1v) is 8.96. The second-order valence-electron chi connectivity index (χ2n) is 6.39. The Kier molecular flexibility index (Phi) is 3.73. The lowest BCUT2D eigenvalue weighted by molar-refractivity contribution is 0.508. The molecule has 0 spiro atoms. The Morgan fingerprint density at radius 1 is 1.30 bits per heavy atom. The van der Waals surface area contributed by atoms with E-state index in [0.717, 1.165) is 35.9 Å². The summed E-state index contributed by atoms with van der Waals surface area (Å²) >= 11 is 1.65. The van der Waals surface area contributed by atoms with Crippen molar-refractivity contribution in [3.63, 3.8) is 0 Å². The summed E-state index contributed by atoms with van der Waals surface area (Å²) in [5.41, 5.74) is 2.47. The van der Waals surface area contributed by atoms with Crippen LogP contribution in [0, 0.1) is 5.92 Å². The van der Waals surface area contributed by atoms with Gasteiger partial charge < -0.3 is 0 Å². The van der Waals surface area contributed by atoms with E-state index in [2.05, 4.69) is 29.4 Å². The number of hydrogen-bond acceptors (Lipinski definition) is 4. The molecule has 0 amide bonds. The predicted molar refractivity (Wildman–Crippen MR) is 93.0 cm³/mol. The van der Waals surface area contributed by atoms with Crippen LogP contribution >= 0.6 is 11.3 Å². The molecule has 0 unspecified atom stereocenters. The highest BCUT2D eigenvalue weighted by Gasteiger charge is 2.23. The van der Waals surface area contributed by atoms with Gasteiger partial charge in [0, 0.05) is 4.88 Å². The summed E-state index contributed by atoms with van der Waals surface area (Å²) in [6.45, 7) is 2.85. The van der Waals surface area contributed by atoms with Crippen LogP contribution < -0.4 is 5.56 Å². The van der Waals surface area contributed by atoms with Crippen LogP contribution in [0.15, 0.2) is 35.1 Å². The maximum absolute atomic E-state index is 12.8. The molecular formula is C18H19N3OS. The van der Waals surface area contributed by atoms with Gasteiger partial charge in [-0.05, 0) is 42.7 Å². The number of thiophene rings is 1. The molecule has 4 nitrogen and oxygen atoms in total. The van der Waals surface area contributed by atoms with E-state index in [-0.39, 0.29) is 5.56 Å². The van der Waals surface area contributed by atoms with E-state index in [1.54, 1.807) is 11.3 Å². The second kappa shape index (κ2) is 5.89. The lowest BCUT2D eigenvalue weighted by Gasteiger charge is -2.17. The molecular weight excluding hydrogens is 306 g/mol. The standard InChI is InChI=1S/C18H19N3OS/c1-12-7-8-14-15(11-12)23-17-16(14)18(22)21(20-19-17)10-9-13-5-3-2-4-6-13/h2-6,12H,7-11H2,1H3/t12-/m1/s1. The van der Waals surface area contributed by atoms with Gasteiger partial charge in [-0.1, -0.05) is 42.5 Å². The van der Waals surface area contributed by atoms with E-state index in [0.29, 0.717) is 12.5 Å². The zero-order chi connectivity index (χ0) is 15.8. The molecule has 5 heteroatoms. The third-order valence-electron chi connectivity index (χ3n) is 4.64. The maximum Gasteiger partial charge on any atom is 0.278 e. The molecule has 1 aromatic carbocycles. The minimum Gasteiger partial charge on any atom is -0.267 e. The molecule has 2 aromatic heterocycles. The molecule has 0 bridgehead atoms. The Hall–Kier alpha value is -2.01. The number of aryl methyl sites for hydroxylation is 3. The van der Waals surface area contributed by atoms with Crippen LogP contribution in [0.4, 0.5) is 0 Å². The predicted octanol–water partition coefficient (Wildman–Crippen LogP) is 3.22. The van der Waals surface area contributed by atoms with Gasteiger partial charge >= 0.3 is 0 Å². The minimum atomic E-state index is 0.0259. The maximum atomic E-state index is 12.8. The summed E-state index contributed by atoms with van der Waals surface area (Å²) in [6.07, 6.45) is 4.02. The van der Waals surface area contributed by atoms with Gasteiger partial charge in [-0.3, -0.25) is 4.79 Å². The van der Waals surface area contributed by atoms with Crippen molar-refractivity contribution in [2.45, 2.75) is 39.2 Å². The van der Waals surface area contributed by atoms with E-state index in [1.807, 2.05) is 18.2 Å². The van der Waals surface area contributed by atoms with Gasteiger partial charge in [0.2, 0.25) is 0 Å². The van der Waals surface area contributed by atoms with E-state index in [9.17, 15) is 4.79 Å². The van der Waals surface area contributed by atoms with Gasteiger partial charge in [-0.15, -0.1) is 16.4 Å². The Morgan fingerprint density at radius 2 is 2.13 bits per heavy atom. The minimum absolute atomic E-state index is 0.0259. The van der Waals surface area contributed by atoms with Crippen LogP contribution in [-0.4, -0.2) is 15.0 Å². The molecule has 0 N–H and O–H groups in total. The molecule has 118 valence electrons. The zero-order valence-electron chi connectivity index (χ0n) is 13.2. The zero-order valence-corrected chi connectivity index (χ0v) is 14.0. The second-order valence-corrected chi connectivity index (χ2v) is 7.47. The fourth-order valence-electron chi connectivity index (χ4n) is 3.32. The smallest absolute Gasteiger partial charge is 0.267 e. The van der Waals surface area contributed by atoms with Gasteiger partial charge in [0.1, 0.15) is 0 Å². The number of nitrogens with zero attached hydrogens (tertiary/aromatic N) is 3. The summed E-state index contributed by atoms with van der Waals surface area (Å²) in [6, 6.07) is 10.2. The molecule has 3 aromatic rings. The highest BCUT2D eigenvalue weighted by atomic mass is 32.1. The number of benzene rings is 1. The van der Waals surface area contributed by atoms with Crippen LogP contribution in [0.5, 0.6) is 0 Å². The highest BCUT2D eigenvalue weighted by molar-refractivity contribution is 7.18. The van der Waals surface area contributed by atoms with E-state index >= 15 is 0 Å². The molecule has 0 aliphatic heterocycles. The highest BCUT2D eigenvalue weighted by Crippen LogP contribution is 2.35. The molecule has 1 aliphatic carbocycles. The molecule has 0 fully saturated rings. The van der Waals surface area contributed by atoms with Crippen LogP contribution in [0.3, 0.4) is 0 Å². The Bertz CT molecular complexity index is 898. The summed E-state index contributed by atoms with van der Waals surface area (Å²) in [4.78, 5) is 15.0. The van der Waals surface area contributed by atoms with Crippen LogP contribution in [-0.2, 0) is 25.8 Å². The first-order chi connectivity index (χ1) is 11.2. The molecule has 0 radical (unpaired) electrons. The van der Waals surface area contributed by atoms with Crippen molar-refractivity contribution in [2.24, 2.45) is 5.92 Å². The summed E-state index contributed by atoms with van der Waals surface area (Å²) in [5.74, 6) is 0.698. The van der Waals surface area contributed by atoms with Crippen LogP contribution in [0.2, 0.25) is 0 Å². The molecule has 0 saturated heterocycles. The first kappa shape index (κ1) is 14.6. The fraction of sp³-hybridized carbons (Fsp3) is 0.389. The average Bonchev–Trinajstić information content (AvgIpc) is 2.93. The molecule has 4 rings (SSSR count). The van der Waals surface area contributed by atoms with Crippen LogP contribution in [0.25, 0.3) is 10.2 Å². The van der Waals surface area contributed by atoms with Gasteiger partial charge in [0.05, 0.1) is 11.9 Å². The molecule has 1 aliphatic rings. The quantitative estimate of drug-likeness (QED) is 0.743. The molecule has 1 atom stereocenters. The van der Waals surface area contributed by atoms with Crippen molar-refractivity contribution in [2.75, 3.05) is 0 Å². The van der Waals surface area contributed by atoms with Crippen molar-refractivity contribution in [1.29, 1.82) is 0 Å². The average molecular weight is 325 g/mol. The number of aromatic nitrogens is 3. The third kappa shape index (κ3) is 2.70. The summed E-state index contributed by atoms with van der Waals surface area (Å²) < 4.78 is 1.53. The van der Waals surface area contributed by atoms with Crippen molar-refractivity contribution in [3.8, 4) is 0 Å². The van der Waals surface area contributed by atoms with Crippen LogP contribution in [0.1, 0.15) is 29.3 Å². The van der Waals surface area contributed by atoms with Gasteiger partial charge in [-0.2, -0.15) is 0 Å². The topological polar surface area (TPSA) is 47.8 Å². The molecule has 0 saturated carbocycles. The van der Waals surface area contributed by atoms with E-state index in [1.165, 1.54) is 20.7 Å². The Labute approximate surface area is 138 Å². The van der Waals surface area contributed by atoms with Gasteiger partial charge in [-0.25, -0.2) is 4.68 Å². The van der Waals surface area contributed by atoms with E-state index < -0.39 is 0 Å².